The number of β-amino-alcohol motifs (C(OH)–C–C–N with tert-alkyl or cyclic N) is 1. The SMILES string of the molecule is CC(C)Cc1nc(CN2CC[C@H](c3ccccc3)[C@H](O)C2)no1. The molecule has 0 spiro atoms. The second-order valence-electron chi connectivity index (χ2n) is 6.81. The van der Waals surface area contributed by atoms with Gasteiger partial charge in [-0.1, -0.05) is 49.3 Å². The zero-order valence-corrected chi connectivity index (χ0v) is 13.9. The Morgan fingerprint density at radius 3 is 2.78 bits per heavy atom. The molecule has 1 aromatic heterocycles. The molecule has 0 saturated carbocycles. The van der Waals surface area contributed by atoms with Crippen LogP contribution in [-0.2, 0) is 13.0 Å². The van der Waals surface area contributed by atoms with E-state index in [9.17, 15) is 5.11 Å². The normalized spacial score (nSPS) is 22.6. The van der Waals surface area contributed by atoms with E-state index in [2.05, 4.69) is 41.0 Å². The van der Waals surface area contributed by atoms with Crippen LogP contribution in [0.15, 0.2) is 34.9 Å². The molecule has 2 atom stereocenters. The molecule has 5 heteroatoms. The summed E-state index contributed by atoms with van der Waals surface area (Å²) in [5.74, 6) is 2.14. The maximum atomic E-state index is 10.5. The van der Waals surface area contributed by atoms with Gasteiger partial charge in [0.05, 0.1) is 12.6 Å². The second kappa shape index (κ2) is 7.23. The first-order valence-electron chi connectivity index (χ1n) is 8.38. The van der Waals surface area contributed by atoms with Crippen LogP contribution >= 0.6 is 0 Å². The molecule has 2 heterocycles. The van der Waals surface area contributed by atoms with E-state index in [1.807, 2.05) is 18.2 Å². The lowest BCUT2D eigenvalue weighted by molar-refractivity contribution is 0.0462. The molecule has 124 valence electrons. The van der Waals surface area contributed by atoms with Crippen molar-refractivity contribution in [2.75, 3.05) is 13.1 Å². The van der Waals surface area contributed by atoms with Crippen molar-refractivity contribution in [3.8, 4) is 0 Å². The predicted molar refractivity (Wildman–Crippen MR) is 87.9 cm³/mol. The van der Waals surface area contributed by atoms with Gasteiger partial charge in [0.2, 0.25) is 5.89 Å². The Balaban J connectivity index is 1.56. The molecule has 5 nitrogen and oxygen atoms in total. The zero-order chi connectivity index (χ0) is 16.2. The van der Waals surface area contributed by atoms with Crippen molar-refractivity contribution in [3.63, 3.8) is 0 Å². The van der Waals surface area contributed by atoms with E-state index in [-0.39, 0.29) is 12.0 Å². The number of rotatable bonds is 5. The fourth-order valence-corrected chi connectivity index (χ4v) is 3.22. The smallest absolute Gasteiger partial charge is 0.226 e. The average molecular weight is 315 g/mol. The van der Waals surface area contributed by atoms with Crippen molar-refractivity contribution in [1.82, 2.24) is 15.0 Å². The van der Waals surface area contributed by atoms with Gasteiger partial charge in [0.25, 0.3) is 0 Å². The first-order chi connectivity index (χ1) is 11.1. The van der Waals surface area contributed by atoms with Crippen molar-refractivity contribution in [1.29, 1.82) is 0 Å². The number of benzene rings is 1. The summed E-state index contributed by atoms with van der Waals surface area (Å²) in [6.07, 6.45) is 1.40. The number of hydrogen-bond acceptors (Lipinski definition) is 5. The standard InChI is InChI=1S/C18H25N3O2/c1-13(2)10-18-19-17(20-23-18)12-21-9-8-15(16(22)11-21)14-6-4-3-5-7-14/h3-7,13,15-16,22H,8-12H2,1-2H3/t15-,16-/m1/s1. The van der Waals surface area contributed by atoms with E-state index < -0.39 is 0 Å². The highest BCUT2D eigenvalue weighted by Gasteiger charge is 2.29. The molecule has 1 saturated heterocycles. The molecule has 0 aliphatic carbocycles. The number of nitrogens with zero attached hydrogens (tertiary/aromatic N) is 3. The molecule has 1 fully saturated rings. The fourth-order valence-electron chi connectivity index (χ4n) is 3.22. The van der Waals surface area contributed by atoms with Gasteiger partial charge in [-0.25, -0.2) is 0 Å². The van der Waals surface area contributed by atoms with Crippen molar-refractivity contribution in [2.24, 2.45) is 5.92 Å². The Kier molecular flexibility index (Phi) is 5.08. The lowest BCUT2D eigenvalue weighted by Crippen LogP contribution is -2.42. The molecule has 1 aliphatic rings. The quantitative estimate of drug-likeness (QED) is 0.919. The molecule has 0 unspecified atom stereocenters. The third-order valence-corrected chi connectivity index (χ3v) is 4.35. The third kappa shape index (κ3) is 4.18. The zero-order valence-electron chi connectivity index (χ0n) is 13.9. The maximum absolute atomic E-state index is 10.5. The summed E-state index contributed by atoms with van der Waals surface area (Å²) in [5.41, 5.74) is 1.22. The van der Waals surface area contributed by atoms with Crippen molar-refractivity contribution < 1.29 is 9.63 Å². The van der Waals surface area contributed by atoms with Crippen LogP contribution in [0.3, 0.4) is 0 Å². The Morgan fingerprint density at radius 2 is 2.09 bits per heavy atom. The lowest BCUT2D eigenvalue weighted by Gasteiger charge is -2.35. The summed E-state index contributed by atoms with van der Waals surface area (Å²) >= 11 is 0. The van der Waals surface area contributed by atoms with Gasteiger partial charge in [-0.3, -0.25) is 4.90 Å². The molecular weight excluding hydrogens is 290 g/mol. The second-order valence-corrected chi connectivity index (χ2v) is 6.81. The average Bonchev–Trinajstić information content (AvgIpc) is 2.94. The minimum Gasteiger partial charge on any atom is -0.391 e. The van der Waals surface area contributed by atoms with Gasteiger partial charge in [0.15, 0.2) is 5.82 Å². The monoisotopic (exact) mass is 315 g/mol. The molecule has 1 aliphatic heterocycles. The van der Waals surface area contributed by atoms with E-state index in [0.29, 0.717) is 30.7 Å². The van der Waals surface area contributed by atoms with Crippen molar-refractivity contribution in [2.45, 2.75) is 45.3 Å². The highest BCUT2D eigenvalue weighted by atomic mass is 16.5. The Labute approximate surface area is 137 Å². The summed E-state index contributed by atoms with van der Waals surface area (Å²) in [5, 5.41) is 14.5. The van der Waals surface area contributed by atoms with E-state index in [1.165, 1.54) is 5.56 Å². The van der Waals surface area contributed by atoms with Crippen LogP contribution in [0.2, 0.25) is 0 Å². The largest absolute Gasteiger partial charge is 0.391 e. The summed E-state index contributed by atoms with van der Waals surface area (Å²) in [6, 6.07) is 10.3. The first-order valence-corrected chi connectivity index (χ1v) is 8.38. The molecule has 23 heavy (non-hydrogen) atoms. The third-order valence-electron chi connectivity index (χ3n) is 4.35. The molecule has 0 bridgehead atoms. The summed E-state index contributed by atoms with van der Waals surface area (Å²) in [7, 11) is 0. The number of aromatic nitrogens is 2. The minimum atomic E-state index is -0.354. The Bertz CT molecular complexity index is 612. The minimum absolute atomic E-state index is 0.217. The van der Waals surface area contributed by atoms with Gasteiger partial charge in [0, 0.05) is 18.9 Å². The van der Waals surface area contributed by atoms with Crippen LogP contribution in [-0.4, -0.2) is 39.3 Å². The van der Waals surface area contributed by atoms with E-state index in [1.54, 1.807) is 0 Å². The van der Waals surface area contributed by atoms with Gasteiger partial charge in [-0.15, -0.1) is 0 Å². The van der Waals surface area contributed by atoms with Gasteiger partial charge in [-0.2, -0.15) is 4.98 Å². The first kappa shape index (κ1) is 16.1. The number of hydrogen-bond donors (Lipinski definition) is 1. The van der Waals surface area contributed by atoms with Crippen LogP contribution < -0.4 is 0 Å². The Morgan fingerprint density at radius 1 is 1.30 bits per heavy atom. The number of aliphatic hydroxyl groups is 1. The van der Waals surface area contributed by atoms with E-state index >= 15 is 0 Å². The Hall–Kier alpha value is -1.72. The molecule has 0 radical (unpaired) electrons. The van der Waals surface area contributed by atoms with E-state index in [4.69, 9.17) is 4.52 Å². The highest BCUT2D eigenvalue weighted by Crippen LogP contribution is 2.28. The van der Waals surface area contributed by atoms with Gasteiger partial charge >= 0.3 is 0 Å². The topological polar surface area (TPSA) is 62.4 Å². The fraction of sp³-hybridized carbons (Fsp3) is 0.556. The predicted octanol–water partition coefficient (Wildman–Crippen LogP) is 2.62. The van der Waals surface area contributed by atoms with Crippen LogP contribution in [0, 0.1) is 5.92 Å². The molecular formula is C18H25N3O2. The van der Waals surface area contributed by atoms with Crippen LogP contribution in [0.5, 0.6) is 0 Å². The van der Waals surface area contributed by atoms with Gasteiger partial charge in [0.1, 0.15) is 0 Å². The maximum Gasteiger partial charge on any atom is 0.226 e. The number of aliphatic hydroxyl groups excluding tert-OH is 1. The van der Waals surface area contributed by atoms with Crippen molar-refractivity contribution in [3.05, 3.63) is 47.6 Å². The highest BCUT2D eigenvalue weighted by molar-refractivity contribution is 5.21. The van der Waals surface area contributed by atoms with Crippen LogP contribution in [0.1, 0.15) is 43.5 Å². The summed E-state index contributed by atoms with van der Waals surface area (Å²) in [6.45, 7) is 6.49. The number of piperidine rings is 1. The molecule has 0 amide bonds. The molecule has 2 aromatic rings. The van der Waals surface area contributed by atoms with E-state index in [0.717, 1.165) is 19.4 Å². The summed E-state index contributed by atoms with van der Waals surface area (Å²) < 4.78 is 5.28. The summed E-state index contributed by atoms with van der Waals surface area (Å²) in [4.78, 5) is 6.65. The molecule has 1 N–H and O–H groups in total. The van der Waals surface area contributed by atoms with Crippen LogP contribution in [0.25, 0.3) is 0 Å². The lowest BCUT2D eigenvalue weighted by atomic mass is 9.87. The number of likely N-dealkylation sites (tertiary alicyclic amines) is 1. The molecule has 3 rings (SSSR count). The van der Waals surface area contributed by atoms with Crippen LogP contribution in [0.4, 0.5) is 0 Å². The molecule has 1 aromatic carbocycles. The van der Waals surface area contributed by atoms with Gasteiger partial charge in [-0.05, 0) is 24.4 Å². The van der Waals surface area contributed by atoms with Gasteiger partial charge < -0.3 is 9.63 Å². The van der Waals surface area contributed by atoms with Crippen molar-refractivity contribution >= 4 is 0 Å².